The van der Waals surface area contributed by atoms with Gasteiger partial charge in [0.25, 0.3) is 11.6 Å². The molecule has 3 atom stereocenters. The number of carbonyl (C=O) groups excluding carboxylic acids is 1. The molecule has 244 valence electrons. The van der Waals surface area contributed by atoms with Gasteiger partial charge in [0, 0.05) is 42.2 Å². The van der Waals surface area contributed by atoms with Crippen LogP contribution in [0.5, 0.6) is 6.01 Å². The van der Waals surface area contributed by atoms with Gasteiger partial charge in [0.1, 0.15) is 24.0 Å². The van der Waals surface area contributed by atoms with Gasteiger partial charge in [-0.2, -0.15) is 4.98 Å². The van der Waals surface area contributed by atoms with Crippen molar-refractivity contribution in [2.75, 3.05) is 39.4 Å². The fraction of sp³-hybridized carbons (Fsp3) is 0.429. The number of hydrogen-bond acceptors (Lipinski definition) is 8. The average molecular weight is 643 g/mol. The number of benzene rings is 2. The second kappa shape index (κ2) is 12.5. The van der Waals surface area contributed by atoms with E-state index >= 15 is 4.39 Å². The minimum Gasteiger partial charge on any atom is -0.463 e. The average Bonchev–Trinajstić information content (AvgIpc) is 3.58. The first-order chi connectivity index (χ1) is 22.7. The van der Waals surface area contributed by atoms with E-state index in [-0.39, 0.29) is 41.4 Å². The van der Waals surface area contributed by atoms with Crippen molar-refractivity contribution in [3.05, 3.63) is 64.3 Å². The fourth-order valence-corrected chi connectivity index (χ4v) is 7.28. The molecule has 0 aliphatic carbocycles. The van der Waals surface area contributed by atoms with Crippen molar-refractivity contribution in [2.45, 2.75) is 56.3 Å². The number of piperidine rings is 1. The number of alkyl halides is 1. The molecule has 0 unspecified atom stereocenters. The number of ether oxygens (including phenoxy) is 2. The normalized spacial score (nSPS) is 24.1. The van der Waals surface area contributed by atoms with E-state index in [0.29, 0.717) is 36.0 Å². The quantitative estimate of drug-likeness (QED) is 0.264. The van der Waals surface area contributed by atoms with E-state index in [2.05, 4.69) is 42.3 Å². The summed E-state index contributed by atoms with van der Waals surface area (Å²) in [5.41, 5.74) is -0.515. The predicted molar refractivity (Wildman–Crippen MR) is 173 cm³/mol. The van der Waals surface area contributed by atoms with Crippen LogP contribution in [0.15, 0.2) is 47.4 Å². The van der Waals surface area contributed by atoms with Crippen molar-refractivity contribution in [1.29, 1.82) is 0 Å². The number of aromatic nitrogens is 3. The Hall–Kier alpha value is -4.60. The molecule has 3 aliphatic heterocycles. The summed E-state index contributed by atoms with van der Waals surface area (Å²) in [6, 6.07) is 10.8. The van der Waals surface area contributed by atoms with Crippen LogP contribution in [0, 0.1) is 17.7 Å². The highest BCUT2D eigenvalue weighted by Gasteiger charge is 2.49. The van der Waals surface area contributed by atoms with Crippen LogP contribution < -0.4 is 20.9 Å². The maximum atomic E-state index is 16.3. The number of halogens is 2. The third-order valence-corrected chi connectivity index (χ3v) is 9.57. The smallest absolute Gasteiger partial charge is 0.408 e. The highest BCUT2D eigenvalue weighted by molar-refractivity contribution is 6.01. The maximum Gasteiger partial charge on any atom is 0.408 e. The molecule has 0 saturated carbocycles. The Labute approximate surface area is 270 Å². The number of nitrogens with one attached hydrogen (secondary N) is 3. The fourth-order valence-electron chi connectivity index (χ4n) is 7.28. The minimum atomic E-state index is -0.927. The van der Waals surface area contributed by atoms with E-state index in [1.54, 1.807) is 18.2 Å². The Morgan fingerprint density at radius 3 is 2.89 bits per heavy atom. The standard InChI is InChI=1S/C35H36F2N6O4/c1-34(12-5-14-38-20-34)42-33(45)46-16-4-10-23-8-2-7-22-9-3-11-25(27(22)23)29-28(37)30-26(18-39-29)31(44)41-32(40-30)47-21-35-13-6-15-43(35)19-24(36)17-35/h2-3,7-9,11,18,24,38H,5-6,12-17,19-21H2,1H3,(H,42,45)(H,40,41,44)/t24-,34-,35+/m1/s1. The molecule has 12 heteroatoms. The summed E-state index contributed by atoms with van der Waals surface area (Å²) in [5.74, 6) is 5.20. The monoisotopic (exact) mass is 642 g/mol. The van der Waals surface area contributed by atoms with Gasteiger partial charge in [0.2, 0.25) is 0 Å². The molecule has 10 nitrogen and oxygen atoms in total. The van der Waals surface area contributed by atoms with Crippen LogP contribution in [0.1, 0.15) is 44.6 Å². The molecule has 3 saturated heterocycles. The van der Waals surface area contributed by atoms with Crippen LogP contribution in [0.4, 0.5) is 13.6 Å². The molecule has 7 rings (SSSR count). The van der Waals surface area contributed by atoms with Gasteiger partial charge in [-0.1, -0.05) is 42.2 Å². The lowest BCUT2D eigenvalue weighted by atomic mass is 9.93. The third-order valence-electron chi connectivity index (χ3n) is 9.57. The van der Waals surface area contributed by atoms with E-state index in [4.69, 9.17) is 9.47 Å². The van der Waals surface area contributed by atoms with Crippen LogP contribution >= 0.6 is 0 Å². The van der Waals surface area contributed by atoms with E-state index < -0.39 is 29.2 Å². The van der Waals surface area contributed by atoms with Crippen molar-refractivity contribution in [1.82, 2.24) is 30.5 Å². The van der Waals surface area contributed by atoms with Crippen molar-refractivity contribution in [3.8, 4) is 29.1 Å². The van der Waals surface area contributed by atoms with Crippen molar-refractivity contribution >= 4 is 27.8 Å². The van der Waals surface area contributed by atoms with Crippen molar-refractivity contribution < 1.29 is 23.0 Å². The summed E-state index contributed by atoms with van der Waals surface area (Å²) < 4.78 is 41.8. The zero-order valence-corrected chi connectivity index (χ0v) is 26.1. The predicted octanol–water partition coefficient (Wildman–Crippen LogP) is 4.45. The highest BCUT2D eigenvalue weighted by Crippen LogP contribution is 2.40. The third kappa shape index (κ3) is 6.13. The molecule has 0 bridgehead atoms. The van der Waals surface area contributed by atoms with Crippen LogP contribution in [-0.4, -0.2) is 82.6 Å². The molecule has 2 aromatic carbocycles. The van der Waals surface area contributed by atoms with Gasteiger partial charge in [-0.25, -0.2) is 13.6 Å². The summed E-state index contributed by atoms with van der Waals surface area (Å²) in [6.07, 6.45) is 3.75. The Kier molecular flexibility index (Phi) is 8.28. The van der Waals surface area contributed by atoms with Crippen LogP contribution in [0.25, 0.3) is 32.9 Å². The highest BCUT2D eigenvalue weighted by atomic mass is 19.1. The van der Waals surface area contributed by atoms with Crippen molar-refractivity contribution in [2.24, 2.45) is 0 Å². The van der Waals surface area contributed by atoms with Crippen molar-refractivity contribution in [3.63, 3.8) is 0 Å². The molecule has 0 radical (unpaired) electrons. The maximum absolute atomic E-state index is 16.3. The summed E-state index contributed by atoms with van der Waals surface area (Å²) in [5, 5.41) is 7.64. The van der Waals surface area contributed by atoms with Crippen LogP contribution in [0.2, 0.25) is 0 Å². The van der Waals surface area contributed by atoms with Gasteiger partial charge < -0.3 is 20.1 Å². The number of fused-ring (bicyclic) bond motifs is 3. The number of amides is 1. The first-order valence-corrected chi connectivity index (χ1v) is 16.0. The lowest BCUT2D eigenvalue weighted by Gasteiger charge is -2.34. The molecule has 3 N–H and O–H groups in total. The first-order valence-electron chi connectivity index (χ1n) is 16.0. The lowest BCUT2D eigenvalue weighted by molar-refractivity contribution is 0.107. The number of hydrogen-bond donors (Lipinski definition) is 3. The topological polar surface area (TPSA) is 121 Å². The Morgan fingerprint density at radius 2 is 2.06 bits per heavy atom. The second-order valence-corrected chi connectivity index (χ2v) is 13.0. The molecule has 0 spiro atoms. The number of aromatic amines is 1. The van der Waals surface area contributed by atoms with Gasteiger partial charge in [0.15, 0.2) is 12.4 Å². The van der Waals surface area contributed by atoms with Crippen LogP contribution in [-0.2, 0) is 4.74 Å². The molecule has 47 heavy (non-hydrogen) atoms. The van der Waals surface area contributed by atoms with Crippen LogP contribution in [0.3, 0.4) is 0 Å². The molecule has 3 fully saturated rings. The molecular weight excluding hydrogens is 606 g/mol. The molecule has 4 aromatic rings. The molecule has 1 amide bonds. The van der Waals surface area contributed by atoms with Gasteiger partial charge >= 0.3 is 6.09 Å². The number of carbonyl (C=O) groups is 1. The Bertz CT molecular complexity index is 1960. The van der Waals surface area contributed by atoms with Gasteiger partial charge in [-0.3, -0.25) is 19.7 Å². The Balaban J connectivity index is 1.16. The summed E-state index contributed by atoms with van der Waals surface area (Å²) in [6.45, 7) is 4.76. The Morgan fingerprint density at radius 1 is 1.21 bits per heavy atom. The number of nitrogens with zero attached hydrogens (tertiary/aromatic N) is 3. The number of pyridine rings is 1. The largest absolute Gasteiger partial charge is 0.463 e. The van der Waals surface area contributed by atoms with E-state index in [1.807, 2.05) is 25.1 Å². The summed E-state index contributed by atoms with van der Waals surface area (Å²) >= 11 is 0. The second-order valence-electron chi connectivity index (χ2n) is 13.0. The van der Waals surface area contributed by atoms with E-state index in [0.717, 1.165) is 44.2 Å². The molecule has 3 aliphatic rings. The first kappa shape index (κ1) is 31.0. The number of H-pyrrole nitrogens is 1. The molecule has 2 aromatic heterocycles. The van der Waals surface area contributed by atoms with Gasteiger partial charge in [-0.15, -0.1) is 0 Å². The zero-order chi connectivity index (χ0) is 32.6. The van der Waals surface area contributed by atoms with Gasteiger partial charge in [-0.05, 0) is 57.1 Å². The van der Waals surface area contributed by atoms with E-state index in [1.165, 1.54) is 6.20 Å². The van der Waals surface area contributed by atoms with Gasteiger partial charge in [0.05, 0.1) is 16.5 Å². The molecular formula is C35H36F2N6O4. The zero-order valence-electron chi connectivity index (χ0n) is 26.1. The minimum absolute atomic E-state index is 0.00277. The molecule has 5 heterocycles. The number of alkyl carbamates (subject to hydrolysis) is 1. The van der Waals surface area contributed by atoms with E-state index in [9.17, 15) is 14.0 Å². The SMILES string of the molecule is C[C@@]1(NC(=O)OCC#Cc2cccc3cccc(-c4ncc5c(=O)[nH]c(OC[C@@]67CCCN6C[C@H](F)C7)nc5c4F)c23)CCCNC1. The summed E-state index contributed by atoms with van der Waals surface area (Å²) in [4.78, 5) is 38.7. The number of rotatable bonds is 6. The lowest BCUT2D eigenvalue weighted by Crippen LogP contribution is -2.55. The summed E-state index contributed by atoms with van der Waals surface area (Å²) in [7, 11) is 0.